The molecule has 0 amide bonds. The van der Waals surface area contributed by atoms with Gasteiger partial charge >= 0.3 is 0 Å². The van der Waals surface area contributed by atoms with Crippen molar-refractivity contribution in [2.24, 2.45) is 0 Å². The molecule has 2 aromatic carbocycles. The summed E-state index contributed by atoms with van der Waals surface area (Å²) in [6.45, 7) is 0. The van der Waals surface area contributed by atoms with Crippen molar-refractivity contribution in [1.82, 2.24) is 9.71 Å². The van der Waals surface area contributed by atoms with Gasteiger partial charge in [-0.3, -0.25) is 0 Å². The fourth-order valence-corrected chi connectivity index (χ4v) is 3.86. The van der Waals surface area contributed by atoms with E-state index in [0.29, 0.717) is 0 Å². The number of fused-ring (bicyclic) bond motifs is 4. The lowest BCUT2D eigenvalue weighted by Crippen LogP contribution is -1.77. The third kappa shape index (κ3) is 1.59. The van der Waals surface area contributed by atoms with E-state index in [1.54, 1.807) is 21.8 Å². The first kappa shape index (κ1) is 11.1. The summed E-state index contributed by atoms with van der Waals surface area (Å²) in [5.74, 6) is 0. The van der Waals surface area contributed by atoms with Crippen LogP contribution in [0.2, 0.25) is 0 Å². The van der Waals surface area contributed by atoms with E-state index in [2.05, 4.69) is 46.1 Å². The van der Waals surface area contributed by atoms with Crippen molar-refractivity contribution in [3.63, 3.8) is 0 Å². The largest absolute Gasteiger partial charge is 0.354 e. The third-order valence-electron chi connectivity index (χ3n) is 2.85. The fraction of sp³-hybridized carbons (Fsp3) is 0. The quantitative estimate of drug-likeness (QED) is 0.480. The molecular weight excluding hydrogens is 272 g/mol. The van der Waals surface area contributed by atoms with Gasteiger partial charge in [-0.15, -0.1) is 12.4 Å². The van der Waals surface area contributed by atoms with Crippen LogP contribution >= 0.6 is 34.2 Å². The van der Waals surface area contributed by atoms with Gasteiger partial charge in [0.25, 0.3) is 0 Å². The summed E-state index contributed by atoms with van der Waals surface area (Å²) in [5.41, 5.74) is 3.50. The minimum absolute atomic E-state index is 0. The van der Waals surface area contributed by atoms with E-state index in [0.717, 1.165) is 5.69 Å². The van der Waals surface area contributed by atoms with Crippen molar-refractivity contribution in [2.75, 3.05) is 0 Å². The van der Waals surface area contributed by atoms with Gasteiger partial charge in [0.1, 0.15) is 0 Å². The summed E-state index contributed by atoms with van der Waals surface area (Å²) >= 11 is 0. The molecule has 1 radical (unpaired) electrons. The Bertz CT molecular complexity index is 708. The van der Waals surface area contributed by atoms with E-state index in [9.17, 15) is 0 Å². The molecule has 85 valence electrons. The van der Waals surface area contributed by atoms with Crippen molar-refractivity contribution in [3.05, 3.63) is 36.4 Å². The first-order valence-electron chi connectivity index (χ1n) is 5.01. The summed E-state index contributed by atoms with van der Waals surface area (Å²) in [7, 11) is 3.27. The highest BCUT2D eigenvalue weighted by Gasteiger charge is 2.16. The van der Waals surface area contributed by atoms with Crippen molar-refractivity contribution in [3.8, 4) is 0 Å². The zero-order chi connectivity index (χ0) is 10.5. The number of rotatable bonds is 0. The molecule has 0 fully saturated rings. The van der Waals surface area contributed by atoms with Crippen molar-refractivity contribution >= 4 is 61.7 Å². The second kappa shape index (κ2) is 4.05. The molecule has 0 saturated carbocycles. The molecule has 0 unspecified atom stereocenters. The molecule has 1 aliphatic heterocycles. The molecule has 0 aliphatic carbocycles. The van der Waals surface area contributed by atoms with Gasteiger partial charge in [-0.05, 0) is 29.0 Å². The monoisotopic (exact) mass is 279 g/mol. The maximum atomic E-state index is 4.40. The van der Waals surface area contributed by atoms with E-state index in [-0.39, 0.29) is 12.4 Å². The van der Waals surface area contributed by atoms with Gasteiger partial charge in [0, 0.05) is 37.7 Å². The molecule has 4 rings (SSSR count). The molecular formula is C12H8ClN2S2. The van der Waals surface area contributed by atoms with Crippen LogP contribution in [0.4, 0.5) is 5.69 Å². The number of halogens is 1. The first-order valence-corrected chi connectivity index (χ1v) is 7.12. The van der Waals surface area contributed by atoms with E-state index in [4.69, 9.17) is 0 Å². The number of nitrogens with one attached hydrogen (secondary N) is 1. The maximum absolute atomic E-state index is 4.40. The van der Waals surface area contributed by atoms with Crippen molar-refractivity contribution in [1.29, 1.82) is 0 Å². The molecule has 5 heteroatoms. The highest BCUT2D eigenvalue weighted by molar-refractivity contribution is 8.76. The number of aromatic nitrogens is 1. The molecule has 0 spiro atoms. The fourth-order valence-electron chi connectivity index (χ4n) is 2.10. The molecule has 1 aliphatic rings. The Balaban J connectivity index is 0.000000902. The number of benzene rings is 2. The summed E-state index contributed by atoms with van der Waals surface area (Å²) in [5, 5.41) is 2.54. The van der Waals surface area contributed by atoms with Crippen LogP contribution in [-0.2, 0) is 0 Å². The van der Waals surface area contributed by atoms with E-state index >= 15 is 0 Å². The lowest BCUT2D eigenvalue weighted by atomic mass is 10.1. The van der Waals surface area contributed by atoms with Crippen LogP contribution in [0.1, 0.15) is 0 Å². The van der Waals surface area contributed by atoms with E-state index in [1.165, 1.54) is 26.7 Å². The lowest BCUT2D eigenvalue weighted by Gasteiger charge is -1.95. The number of aromatic amines is 1. The second-order valence-electron chi connectivity index (χ2n) is 3.79. The van der Waals surface area contributed by atoms with Crippen LogP contribution in [0.25, 0.3) is 21.8 Å². The number of hydrogen-bond donors (Lipinski definition) is 1. The lowest BCUT2D eigenvalue weighted by molar-refractivity contribution is 1.32. The summed E-state index contributed by atoms with van der Waals surface area (Å²) in [4.78, 5) is 4.70. The zero-order valence-corrected chi connectivity index (χ0v) is 11.1. The summed E-state index contributed by atoms with van der Waals surface area (Å²) < 4.78 is 4.40. The van der Waals surface area contributed by atoms with Gasteiger partial charge in [0.2, 0.25) is 0 Å². The topological polar surface area (TPSA) is 29.9 Å². The Kier molecular flexibility index (Phi) is 2.65. The van der Waals surface area contributed by atoms with E-state index in [1.807, 2.05) is 0 Å². The van der Waals surface area contributed by atoms with Crippen LogP contribution in [0.15, 0.2) is 41.3 Å². The average Bonchev–Trinajstić information content (AvgIpc) is 2.88. The SMILES string of the molecule is Cl.c1ccc2c(c1)[nH]c1cc3c(cc12)[N]SS3. The Morgan fingerprint density at radius 3 is 2.82 bits per heavy atom. The van der Waals surface area contributed by atoms with Crippen molar-refractivity contribution in [2.45, 2.75) is 4.90 Å². The van der Waals surface area contributed by atoms with Gasteiger partial charge in [0.15, 0.2) is 0 Å². The Morgan fingerprint density at radius 1 is 1.00 bits per heavy atom. The molecule has 3 aromatic rings. The molecule has 0 bridgehead atoms. The second-order valence-corrected chi connectivity index (χ2v) is 5.67. The third-order valence-corrected chi connectivity index (χ3v) is 4.69. The first-order chi connectivity index (χ1) is 7.92. The summed E-state index contributed by atoms with van der Waals surface area (Å²) in [6.07, 6.45) is 0. The zero-order valence-electron chi connectivity index (χ0n) is 8.64. The Morgan fingerprint density at radius 2 is 1.88 bits per heavy atom. The van der Waals surface area contributed by atoms with Crippen LogP contribution in [0, 0.1) is 0 Å². The predicted octanol–water partition coefficient (Wildman–Crippen LogP) is 4.65. The molecule has 1 aromatic heterocycles. The highest BCUT2D eigenvalue weighted by atomic mass is 35.5. The number of nitrogens with zero attached hydrogens (tertiary/aromatic N) is 1. The van der Waals surface area contributed by atoms with Crippen LogP contribution in [0.3, 0.4) is 0 Å². The average molecular weight is 280 g/mol. The van der Waals surface area contributed by atoms with E-state index < -0.39 is 0 Å². The predicted molar refractivity (Wildman–Crippen MR) is 78.3 cm³/mol. The molecule has 0 atom stereocenters. The minimum atomic E-state index is 0. The minimum Gasteiger partial charge on any atom is -0.354 e. The molecule has 1 N–H and O–H groups in total. The number of para-hydroxylation sites is 1. The molecule has 2 nitrogen and oxygen atoms in total. The number of hydrogen-bond acceptors (Lipinski definition) is 2. The molecule has 2 heterocycles. The van der Waals surface area contributed by atoms with Gasteiger partial charge in [-0.2, -0.15) is 0 Å². The van der Waals surface area contributed by atoms with Gasteiger partial charge in [0.05, 0.1) is 5.69 Å². The number of H-pyrrole nitrogens is 1. The summed E-state index contributed by atoms with van der Waals surface area (Å²) in [6, 6.07) is 12.8. The maximum Gasteiger partial charge on any atom is 0.0875 e. The standard InChI is InChI=1S/C12H7N2S2.ClH/c1-2-4-9-7(3-1)8-5-11-12(15-16-14-11)6-10(8)13-9;/h1-6,13H;1H. The van der Waals surface area contributed by atoms with Gasteiger partial charge < -0.3 is 4.98 Å². The highest BCUT2D eigenvalue weighted by Crippen LogP contribution is 2.47. The normalized spacial score (nSPS) is 13.4. The van der Waals surface area contributed by atoms with Crippen LogP contribution in [-0.4, -0.2) is 4.98 Å². The van der Waals surface area contributed by atoms with Crippen LogP contribution < -0.4 is 4.72 Å². The molecule has 0 saturated heterocycles. The van der Waals surface area contributed by atoms with Crippen molar-refractivity contribution < 1.29 is 0 Å². The van der Waals surface area contributed by atoms with Gasteiger partial charge in [-0.1, -0.05) is 18.2 Å². The smallest absolute Gasteiger partial charge is 0.0875 e. The molecule has 17 heavy (non-hydrogen) atoms. The Labute approximate surface area is 112 Å². The Hall–Kier alpha value is -0.970. The van der Waals surface area contributed by atoms with Gasteiger partial charge in [-0.25, -0.2) is 4.72 Å². The van der Waals surface area contributed by atoms with Crippen LogP contribution in [0.5, 0.6) is 0 Å².